The van der Waals surface area contributed by atoms with Gasteiger partial charge >= 0.3 is 0 Å². The van der Waals surface area contributed by atoms with Crippen LogP contribution >= 0.6 is 15.9 Å². The topological polar surface area (TPSA) is 55.1 Å². The minimum absolute atomic E-state index is 0.138. The Kier molecular flexibility index (Phi) is 3.67. The second kappa shape index (κ2) is 5.23. The number of nitrogens with one attached hydrogen (secondary N) is 1. The summed E-state index contributed by atoms with van der Waals surface area (Å²) < 4.78 is 0.878. The molecule has 0 unspecified atom stereocenters. The molecule has 0 aliphatic carbocycles. The van der Waals surface area contributed by atoms with Crippen LogP contribution in [0.25, 0.3) is 0 Å². The third-order valence-electron chi connectivity index (χ3n) is 2.61. The number of carbonyl (C=O) groups excluding carboxylic acids is 1. The monoisotopic (exact) mass is 304 g/mol. The number of halogens is 1. The van der Waals surface area contributed by atoms with Crippen LogP contribution in [-0.4, -0.2) is 5.91 Å². The Bertz CT molecular complexity index is 596. The summed E-state index contributed by atoms with van der Waals surface area (Å²) in [5.41, 5.74) is 8.75. The molecule has 0 spiro atoms. The maximum atomic E-state index is 12.0. The summed E-state index contributed by atoms with van der Waals surface area (Å²) in [7, 11) is 0. The van der Waals surface area contributed by atoms with Crippen molar-refractivity contribution in [2.45, 2.75) is 6.92 Å². The van der Waals surface area contributed by atoms with Gasteiger partial charge in [0.05, 0.1) is 0 Å². The lowest BCUT2D eigenvalue weighted by Gasteiger charge is -2.07. The number of benzene rings is 2. The zero-order valence-electron chi connectivity index (χ0n) is 9.91. The minimum Gasteiger partial charge on any atom is -0.399 e. The van der Waals surface area contributed by atoms with E-state index in [9.17, 15) is 4.79 Å². The normalized spacial score (nSPS) is 10.1. The third-order valence-corrected chi connectivity index (χ3v) is 3.11. The van der Waals surface area contributed by atoms with Crippen molar-refractivity contribution in [3.63, 3.8) is 0 Å². The van der Waals surface area contributed by atoms with E-state index >= 15 is 0 Å². The maximum Gasteiger partial charge on any atom is 0.255 e. The van der Waals surface area contributed by atoms with E-state index in [1.54, 1.807) is 24.3 Å². The van der Waals surface area contributed by atoms with Crippen molar-refractivity contribution in [1.82, 2.24) is 0 Å². The average molecular weight is 305 g/mol. The number of nitrogens with two attached hydrogens (primary N) is 1. The highest BCUT2D eigenvalue weighted by Gasteiger charge is 2.06. The van der Waals surface area contributed by atoms with Crippen molar-refractivity contribution < 1.29 is 4.79 Å². The van der Waals surface area contributed by atoms with Gasteiger partial charge in [-0.15, -0.1) is 0 Å². The Morgan fingerprint density at radius 1 is 1.22 bits per heavy atom. The van der Waals surface area contributed by atoms with E-state index in [0.29, 0.717) is 5.56 Å². The van der Waals surface area contributed by atoms with Gasteiger partial charge in [0.15, 0.2) is 0 Å². The van der Waals surface area contributed by atoms with Crippen LogP contribution in [0.5, 0.6) is 0 Å². The molecule has 0 aliphatic heterocycles. The van der Waals surface area contributed by atoms with Crippen molar-refractivity contribution in [3.05, 3.63) is 58.1 Å². The quantitative estimate of drug-likeness (QED) is 0.833. The summed E-state index contributed by atoms with van der Waals surface area (Å²) in [6.07, 6.45) is 0. The highest BCUT2D eigenvalue weighted by molar-refractivity contribution is 9.10. The van der Waals surface area contributed by atoms with Gasteiger partial charge in [0.1, 0.15) is 0 Å². The molecule has 0 fully saturated rings. The van der Waals surface area contributed by atoms with Crippen LogP contribution in [0.1, 0.15) is 15.9 Å². The first-order chi connectivity index (χ1) is 8.56. The van der Waals surface area contributed by atoms with Gasteiger partial charge in [-0.05, 0) is 48.9 Å². The molecule has 0 bridgehead atoms. The van der Waals surface area contributed by atoms with E-state index < -0.39 is 0 Å². The molecule has 0 saturated carbocycles. The molecular formula is C14H13BrN2O. The van der Waals surface area contributed by atoms with E-state index in [-0.39, 0.29) is 5.91 Å². The molecule has 0 heterocycles. The minimum atomic E-state index is -0.138. The van der Waals surface area contributed by atoms with Gasteiger partial charge in [0, 0.05) is 21.4 Å². The van der Waals surface area contributed by atoms with Crippen molar-refractivity contribution in [3.8, 4) is 0 Å². The fraction of sp³-hybridized carbons (Fsp3) is 0.0714. The van der Waals surface area contributed by atoms with E-state index in [4.69, 9.17) is 5.73 Å². The van der Waals surface area contributed by atoms with Gasteiger partial charge in [-0.1, -0.05) is 22.0 Å². The highest BCUT2D eigenvalue weighted by atomic mass is 79.9. The zero-order valence-corrected chi connectivity index (χ0v) is 11.5. The molecule has 92 valence electrons. The SMILES string of the molecule is Cc1cc(NC(=O)c2cccc(Br)c2)ccc1N. The average Bonchev–Trinajstić information content (AvgIpc) is 2.34. The van der Waals surface area contributed by atoms with Crippen LogP contribution in [0.2, 0.25) is 0 Å². The number of amides is 1. The molecule has 2 aromatic rings. The number of aryl methyl sites for hydroxylation is 1. The Morgan fingerprint density at radius 2 is 2.00 bits per heavy atom. The summed E-state index contributed by atoms with van der Waals surface area (Å²) in [5, 5.41) is 2.84. The van der Waals surface area contributed by atoms with Crippen molar-refractivity contribution in [1.29, 1.82) is 0 Å². The van der Waals surface area contributed by atoms with Gasteiger partial charge in [0.2, 0.25) is 0 Å². The molecular weight excluding hydrogens is 292 g/mol. The summed E-state index contributed by atoms with van der Waals surface area (Å²) in [6, 6.07) is 12.7. The van der Waals surface area contributed by atoms with Crippen LogP contribution in [0.4, 0.5) is 11.4 Å². The number of rotatable bonds is 2. The summed E-state index contributed by atoms with van der Waals surface area (Å²) >= 11 is 3.34. The smallest absolute Gasteiger partial charge is 0.255 e. The summed E-state index contributed by atoms with van der Waals surface area (Å²) in [4.78, 5) is 12.0. The molecule has 0 atom stereocenters. The highest BCUT2D eigenvalue weighted by Crippen LogP contribution is 2.18. The van der Waals surface area contributed by atoms with Crippen LogP contribution in [0.15, 0.2) is 46.9 Å². The van der Waals surface area contributed by atoms with E-state index in [2.05, 4.69) is 21.2 Å². The fourth-order valence-electron chi connectivity index (χ4n) is 1.59. The molecule has 3 N–H and O–H groups in total. The van der Waals surface area contributed by atoms with E-state index in [0.717, 1.165) is 21.4 Å². The van der Waals surface area contributed by atoms with Gasteiger partial charge in [-0.25, -0.2) is 0 Å². The molecule has 2 rings (SSSR count). The molecule has 3 nitrogen and oxygen atoms in total. The number of nitrogen functional groups attached to an aromatic ring is 1. The molecule has 2 aromatic carbocycles. The number of hydrogen-bond acceptors (Lipinski definition) is 2. The maximum absolute atomic E-state index is 12.0. The molecule has 0 radical (unpaired) electrons. The first kappa shape index (κ1) is 12.6. The third kappa shape index (κ3) is 2.90. The van der Waals surface area contributed by atoms with Crippen LogP contribution in [-0.2, 0) is 0 Å². The van der Waals surface area contributed by atoms with Gasteiger partial charge in [0.25, 0.3) is 5.91 Å². The van der Waals surface area contributed by atoms with Crippen LogP contribution in [0, 0.1) is 6.92 Å². The van der Waals surface area contributed by atoms with Crippen molar-refractivity contribution in [2.24, 2.45) is 0 Å². The molecule has 4 heteroatoms. The second-order valence-electron chi connectivity index (χ2n) is 4.04. The molecule has 0 saturated heterocycles. The van der Waals surface area contributed by atoms with Gasteiger partial charge in [-0.3, -0.25) is 4.79 Å². The Balaban J connectivity index is 2.18. The molecule has 1 amide bonds. The molecule has 0 aromatic heterocycles. The number of carbonyl (C=O) groups is 1. The summed E-state index contributed by atoms with van der Waals surface area (Å²) in [6.45, 7) is 1.91. The van der Waals surface area contributed by atoms with E-state index in [1.807, 2.05) is 25.1 Å². The van der Waals surface area contributed by atoms with Gasteiger partial charge in [-0.2, -0.15) is 0 Å². The zero-order chi connectivity index (χ0) is 13.1. The standard InChI is InChI=1S/C14H13BrN2O/c1-9-7-12(5-6-13(9)16)17-14(18)10-3-2-4-11(15)8-10/h2-8H,16H2,1H3,(H,17,18). The number of anilines is 2. The van der Waals surface area contributed by atoms with Crippen molar-refractivity contribution >= 4 is 33.2 Å². The lowest BCUT2D eigenvalue weighted by molar-refractivity contribution is 0.102. The van der Waals surface area contributed by atoms with E-state index in [1.165, 1.54) is 0 Å². The summed E-state index contributed by atoms with van der Waals surface area (Å²) in [5.74, 6) is -0.138. The Hall–Kier alpha value is -1.81. The number of hydrogen-bond donors (Lipinski definition) is 2. The van der Waals surface area contributed by atoms with Crippen LogP contribution < -0.4 is 11.1 Å². The molecule has 0 aliphatic rings. The Morgan fingerprint density at radius 3 is 2.67 bits per heavy atom. The molecule has 18 heavy (non-hydrogen) atoms. The predicted octanol–water partition coefficient (Wildman–Crippen LogP) is 3.59. The second-order valence-corrected chi connectivity index (χ2v) is 4.95. The first-order valence-corrected chi connectivity index (χ1v) is 6.28. The van der Waals surface area contributed by atoms with Crippen LogP contribution in [0.3, 0.4) is 0 Å². The van der Waals surface area contributed by atoms with Gasteiger partial charge < -0.3 is 11.1 Å². The lowest BCUT2D eigenvalue weighted by Crippen LogP contribution is -2.12. The van der Waals surface area contributed by atoms with Crippen molar-refractivity contribution in [2.75, 3.05) is 11.1 Å². The predicted molar refractivity (Wildman–Crippen MR) is 77.7 cm³/mol. The first-order valence-electron chi connectivity index (χ1n) is 5.49. The largest absolute Gasteiger partial charge is 0.399 e. The lowest BCUT2D eigenvalue weighted by atomic mass is 10.1. The Labute approximate surface area is 114 Å². The fourth-order valence-corrected chi connectivity index (χ4v) is 1.99.